The zero-order valence-electron chi connectivity index (χ0n) is 9.13. The lowest BCUT2D eigenvalue weighted by Crippen LogP contribution is -2.15. The second-order valence-corrected chi connectivity index (χ2v) is 3.80. The van der Waals surface area contributed by atoms with Crippen LogP contribution in [0.5, 0.6) is 11.5 Å². The van der Waals surface area contributed by atoms with Crippen molar-refractivity contribution < 1.29 is 19.0 Å². The highest BCUT2D eigenvalue weighted by atomic mass is 16.6. The first-order valence-corrected chi connectivity index (χ1v) is 5.46. The Morgan fingerprint density at radius 2 is 1.82 bits per heavy atom. The molecular formula is C13H12O4. The first-order valence-electron chi connectivity index (χ1n) is 5.46. The van der Waals surface area contributed by atoms with Crippen LogP contribution in [0.2, 0.25) is 0 Å². The molecule has 0 amide bonds. The molecule has 1 N–H and O–H groups in total. The van der Waals surface area contributed by atoms with Gasteiger partial charge in [-0.15, -0.1) is 0 Å². The molecule has 0 fully saturated rings. The molecule has 2 heterocycles. The van der Waals surface area contributed by atoms with E-state index in [1.165, 1.54) is 6.26 Å². The standard InChI is InChI=1S/C13H12O4/c14-11(9-4-2-1-3-5-9)13-12-10(8-17-13)15-6-7-16-12/h1-5,8,11,14H,6-7H2. The van der Waals surface area contributed by atoms with Crippen LogP contribution >= 0.6 is 0 Å². The molecule has 0 saturated heterocycles. The van der Waals surface area contributed by atoms with E-state index in [9.17, 15) is 5.11 Å². The van der Waals surface area contributed by atoms with Crippen molar-refractivity contribution in [2.45, 2.75) is 6.10 Å². The third-order valence-corrected chi connectivity index (χ3v) is 2.69. The molecule has 0 bridgehead atoms. The van der Waals surface area contributed by atoms with E-state index in [0.29, 0.717) is 30.5 Å². The largest absolute Gasteiger partial charge is 0.483 e. The van der Waals surface area contributed by atoms with E-state index in [0.717, 1.165) is 5.56 Å². The fraction of sp³-hybridized carbons (Fsp3) is 0.231. The monoisotopic (exact) mass is 232 g/mol. The van der Waals surface area contributed by atoms with Gasteiger partial charge in [0.05, 0.1) is 0 Å². The van der Waals surface area contributed by atoms with Crippen molar-refractivity contribution in [2.24, 2.45) is 0 Å². The number of aliphatic hydroxyl groups is 1. The average molecular weight is 232 g/mol. The van der Waals surface area contributed by atoms with Gasteiger partial charge in [0.1, 0.15) is 25.6 Å². The minimum Gasteiger partial charge on any atom is -0.483 e. The molecule has 17 heavy (non-hydrogen) atoms. The summed E-state index contributed by atoms with van der Waals surface area (Å²) in [7, 11) is 0. The van der Waals surface area contributed by atoms with Gasteiger partial charge < -0.3 is 19.0 Å². The average Bonchev–Trinajstić information content (AvgIpc) is 2.83. The first-order chi connectivity index (χ1) is 8.36. The summed E-state index contributed by atoms with van der Waals surface area (Å²) in [5.74, 6) is 1.46. The van der Waals surface area contributed by atoms with E-state index in [4.69, 9.17) is 13.9 Å². The second kappa shape index (κ2) is 4.14. The van der Waals surface area contributed by atoms with Gasteiger partial charge in [-0.2, -0.15) is 0 Å². The number of rotatable bonds is 2. The van der Waals surface area contributed by atoms with Gasteiger partial charge in [0.2, 0.25) is 5.75 Å². The lowest BCUT2D eigenvalue weighted by Gasteiger charge is -2.16. The number of aliphatic hydroxyl groups excluding tert-OH is 1. The summed E-state index contributed by atoms with van der Waals surface area (Å²) in [6.45, 7) is 0.981. The van der Waals surface area contributed by atoms with Crippen LogP contribution in [0.25, 0.3) is 0 Å². The Balaban J connectivity index is 1.97. The highest BCUT2D eigenvalue weighted by Crippen LogP contribution is 2.40. The van der Waals surface area contributed by atoms with Gasteiger partial charge in [-0.25, -0.2) is 0 Å². The quantitative estimate of drug-likeness (QED) is 0.861. The maximum Gasteiger partial charge on any atom is 0.206 e. The predicted molar refractivity (Wildman–Crippen MR) is 60.2 cm³/mol. The van der Waals surface area contributed by atoms with Gasteiger partial charge >= 0.3 is 0 Å². The molecule has 4 heteroatoms. The summed E-state index contributed by atoms with van der Waals surface area (Å²) < 4.78 is 16.2. The predicted octanol–water partition coefficient (Wildman–Crippen LogP) is 2.13. The summed E-state index contributed by atoms with van der Waals surface area (Å²) in [6.07, 6.45) is 0.636. The van der Waals surface area contributed by atoms with Crippen LogP contribution in [0.3, 0.4) is 0 Å². The lowest BCUT2D eigenvalue weighted by molar-refractivity contribution is 0.155. The van der Waals surface area contributed by atoms with E-state index in [2.05, 4.69) is 0 Å². The molecule has 0 spiro atoms. The molecule has 88 valence electrons. The van der Waals surface area contributed by atoms with Crippen molar-refractivity contribution in [1.29, 1.82) is 0 Å². The third-order valence-electron chi connectivity index (χ3n) is 2.69. The van der Waals surface area contributed by atoms with Crippen LogP contribution in [0.1, 0.15) is 17.4 Å². The fourth-order valence-electron chi connectivity index (χ4n) is 1.86. The Morgan fingerprint density at radius 3 is 2.65 bits per heavy atom. The van der Waals surface area contributed by atoms with E-state index in [-0.39, 0.29) is 0 Å². The summed E-state index contributed by atoms with van der Waals surface area (Å²) >= 11 is 0. The molecule has 4 nitrogen and oxygen atoms in total. The van der Waals surface area contributed by atoms with Crippen molar-refractivity contribution in [1.82, 2.24) is 0 Å². The molecule has 1 aliphatic rings. The van der Waals surface area contributed by atoms with E-state index in [1.54, 1.807) is 0 Å². The van der Waals surface area contributed by atoms with E-state index in [1.807, 2.05) is 30.3 Å². The minimum atomic E-state index is -0.832. The topological polar surface area (TPSA) is 51.8 Å². The molecule has 2 aromatic rings. The van der Waals surface area contributed by atoms with Crippen LogP contribution < -0.4 is 9.47 Å². The molecule has 0 aliphatic carbocycles. The van der Waals surface area contributed by atoms with E-state index >= 15 is 0 Å². The second-order valence-electron chi connectivity index (χ2n) is 3.80. The molecule has 1 aromatic carbocycles. The third kappa shape index (κ3) is 1.76. The van der Waals surface area contributed by atoms with Crippen molar-refractivity contribution in [3.05, 3.63) is 47.9 Å². The maximum atomic E-state index is 10.2. The number of fused-ring (bicyclic) bond motifs is 1. The smallest absolute Gasteiger partial charge is 0.206 e. The number of hydrogen-bond acceptors (Lipinski definition) is 4. The van der Waals surface area contributed by atoms with Crippen molar-refractivity contribution in [3.63, 3.8) is 0 Å². The number of benzene rings is 1. The normalized spacial score (nSPS) is 15.6. The van der Waals surface area contributed by atoms with Crippen LogP contribution in [0, 0.1) is 0 Å². The van der Waals surface area contributed by atoms with Crippen LogP contribution in [0.15, 0.2) is 41.0 Å². The Morgan fingerprint density at radius 1 is 1.06 bits per heavy atom. The summed E-state index contributed by atoms with van der Waals surface area (Å²) in [5.41, 5.74) is 0.763. The van der Waals surface area contributed by atoms with Gasteiger partial charge in [0, 0.05) is 0 Å². The van der Waals surface area contributed by atoms with Gasteiger partial charge in [-0.05, 0) is 5.56 Å². The number of furan rings is 1. The zero-order valence-corrected chi connectivity index (χ0v) is 9.13. The van der Waals surface area contributed by atoms with Gasteiger partial charge in [-0.1, -0.05) is 30.3 Å². The summed E-state index contributed by atoms with van der Waals surface area (Å²) in [4.78, 5) is 0. The van der Waals surface area contributed by atoms with Crippen molar-refractivity contribution in [2.75, 3.05) is 13.2 Å². The van der Waals surface area contributed by atoms with Gasteiger partial charge in [0.25, 0.3) is 0 Å². The van der Waals surface area contributed by atoms with Gasteiger partial charge in [0.15, 0.2) is 11.5 Å². The molecule has 1 aliphatic heterocycles. The Labute approximate surface area is 98.4 Å². The van der Waals surface area contributed by atoms with Crippen molar-refractivity contribution in [3.8, 4) is 11.5 Å². The number of hydrogen-bond donors (Lipinski definition) is 1. The fourth-order valence-corrected chi connectivity index (χ4v) is 1.86. The molecule has 3 rings (SSSR count). The highest BCUT2D eigenvalue weighted by molar-refractivity contribution is 5.45. The lowest BCUT2D eigenvalue weighted by atomic mass is 10.1. The molecule has 1 atom stereocenters. The highest BCUT2D eigenvalue weighted by Gasteiger charge is 2.26. The molecule has 0 radical (unpaired) electrons. The Bertz CT molecular complexity index is 503. The maximum absolute atomic E-state index is 10.2. The Hall–Kier alpha value is -1.94. The Kier molecular flexibility index (Phi) is 2.49. The van der Waals surface area contributed by atoms with Crippen LogP contribution in [-0.4, -0.2) is 18.3 Å². The summed E-state index contributed by atoms with van der Waals surface area (Å²) in [5, 5.41) is 10.2. The minimum absolute atomic E-state index is 0.394. The SMILES string of the molecule is OC(c1ccccc1)c1occ2c1OCCO2. The van der Waals surface area contributed by atoms with E-state index < -0.39 is 6.10 Å². The van der Waals surface area contributed by atoms with Crippen LogP contribution in [-0.2, 0) is 0 Å². The zero-order chi connectivity index (χ0) is 11.7. The first kappa shape index (κ1) is 10.2. The molecular weight excluding hydrogens is 220 g/mol. The van der Waals surface area contributed by atoms with Crippen molar-refractivity contribution >= 4 is 0 Å². The number of ether oxygens (including phenoxy) is 2. The summed E-state index contributed by atoms with van der Waals surface area (Å²) in [6, 6.07) is 9.30. The van der Waals surface area contributed by atoms with Gasteiger partial charge in [-0.3, -0.25) is 0 Å². The molecule has 0 saturated carbocycles. The molecule has 1 aromatic heterocycles. The molecule has 1 unspecified atom stereocenters. The van der Waals surface area contributed by atoms with Crippen LogP contribution in [0.4, 0.5) is 0 Å².